The molecule has 0 aromatic heterocycles. The van der Waals surface area contributed by atoms with Crippen LogP contribution in [0.15, 0.2) is 12.1 Å². The number of rotatable bonds is 1. The topological polar surface area (TPSA) is 40.1 Å². The number of aromatic carboxylic acids is 1. The van der Waals surface area contributed by atoms with Crippen molar-refractivity contribution in [3.8, 4) is 0 Å². The first-order valence-electron chi connectivity index (χ1n) is 3.19. The lowest BCUT2D eigenvalue weighted by Crippen LogP contribution is -2.24. The fourth-order valence-corrected chi connectivity index (χ4v) is 1.65. The Morgan fingerprint density at radius 1 is 1.58 bits per heavy atom. The fraction of sp³-hybridized carbons (Fsp3) is 0.125. The van der Waals surface area contributed by atoms with Gasteiger partial charge in [-0.15, -0.1) is 0 Å². The molecule has 0 N–H and O–H groups in total. The Labute approximate surface area is 82.5 Å². The molecule has 0 spiro atoms. The van der Waals surface area contributed by atoms with Crippen LogP contribution in [0.25, 0.3) is 0 Å². The minimum absolute atomic E-state index is 0.320. The number of carboxylic acid groups (broad SMARTS) is 1. The molecular formula is C8H5FIO2-. The first-order chi connectivity index (χ1) is 5.52. The second kappa shape index (κ2) is 3.38. The number of hydrogen-bond acceptors (Lipinski definition) is 2. The molecule has 1 aromatic carbocycles. The van der Waals surface area contributed by atoms with Crippen molar-refractivity contribution in [2.45, 2.75) is 6.92 Å². The third kappa shape index (κ3) is 1.74. The summed E-state index contributed by atoms with van der Waals surface area (Å²) in [5, 5.41) is 10.4. The van der Waals surface area contributed by atoms with Gasteiger partial charge in [0.2, 0.25) is 0 Å². The second-order valence-electron chi connectivity index (χ2n) is 2.37. The third-order valence-corrected chi connectivity index (χ3v) is 2.06. The maximum absolute atomic E-state index is 13.0. The standard InChI is InChI=1S/C8H6FIO2/c1-4-2-5(10)3-6(7(4)9)8(11)12/h2-3H,1H3,(H,11,12)/p-1. The Hall–Kier alpha value is -0.650. The van der Waals surface area contributed by atoms with Gasteiger partial charge in [-0.3, -0.25) is 0 Å². The molecule has 0 atom stereocenters. The van der Waals surface area contributed by atoms with E-state index in [0.29, 0.717) is 9.13 Å². The molecule has 0 unspecified atom stereocenters. The summed E-state index contributed by atoms with van der Waals surface area (Å²) < 4.78 is 13.7. The van der Waals surface area contributed by atoms with E-state index in [0.717, 1.165) is 0 Å². The van der Waals surface area contributed by atoms with Crippen molar-refractivity contribution < 1.29 is 14.3 Å². The van der Waals surface area contributed by atoms with Crippen LogP contribution in [0.1, 0.15) is 15.9 Å². The molecule has 0 radical (unpaired) electrons. The Bertz CT molecular complexity index is 336. The average Bonchev–Trinajstić information content (AvgIpc) is 1.96. The Morgan fingerprint density at radius 2 is 2.17 bits per heavy atom. The van der Waals surface area contributed by atoms with Gasteiger partial charge >= 0.3 is 0 Å². The third-order valence-electron chi connectivity index (χ3n) is 1.44. The highest BCUT2D eigenvalue weighted by molar-refractivity contribution is 14.1. The summed E-state index contributed by atoms with van der Waals surface area (Å²) in [4.78, 5) is 10.4. The van der Waals surface area contributed by atoms with Crippen molar-refractivity contribution in [1.29, 1.82) is 0 Å². The predicted octanol–water partition coefficient (Wildman–Crippen LogP) is 1.10. The molecule has 1 rings (SSSR count). The smallest absolute Gasteiger partial charge is 0.135 e. The van der Waals surface area contributed by atoms with E-state index in [1.165, 1.54) is 13.0 Å². The normalized spacial score (nSPS) is 9.92. The molecule has 0 aliphatic carbocycles. The van der Waals surface area contributed by atoms with E-state index < -0.39 is 11.8 Å². The highest BCUT2D eigenvalue weighted by Gasteiger charge is 2.06. The number of carbonyl (C=O) groups excluding carboxylic acids is 1. The summed E-state index contributed by atoms with van der Waals surface area (Å²) in [6.07, 6.45) is 0. The summed E-state index contributed by atoms with van der Waals surface area (Å²) in [6.45, 7) is 1.52. The number of carbonyl (C=O) groups is 1. The van der Waals surface area contributed by atoms with Gasteiger partial charge in [0, 0.05) is 9.13 Å². The van der Waals surface area contributed by atoms with Crippen LogP contribution < -0.4 is 5.11 Å². The van der Waals surface area contributed by atoms with Gasteiger partial charge in [-0.05, 0) is 47.2 Å². The molecule has 0 heterocycles. The van der Waals surface area contributed by atoms with E-state index in [1.807, 2.05) is 22.6 Å². The van der Waals surface area contributed by atoms with Gasteiger partial charge in [0.25, 0.3) is 0 Å². The molecule has 0 aliphatic heterocycles. The van der Waals surface area contributed by atoms with Crippen molar-refractivity contribution >= 4 is 28.6 Å². The van der Waals surface area contributed by atoms with Crippen molar-refractivity contribution in [3.05, 3.63) is 32.6 Å². The van der Waals surface area contributed by atoms with Gasteiger partial charge in [0.05, 0.1) is 5.97 Å². The Balaban J connectivity index is 3.37. The monoisotopic (exact) mass is 279 g/mol. The predicted molar refractivity (Wildman–Crippen MR) is 48.2 cm³/mol. The largest absolute Gasteiger partial charge is 0.545 e. The zero-order valence-electron chi connectivity index (χ0n) is 6.23. The number of benzene rings is 1. The molecule has 0 amide bonds. The minimum atomic E-state index is -1.48. The van der Waals surface area contributed by atoms with Gasteiger partial charge in [0.1, 0.15) is 5.82 Å². The highest BCUT2D eigenvalue weighted by Crippen LogP contribution is 2.16. The summed E-state index contributed by atoms with van der Waals surface area (Å²) in [6, 6.07) is 2.82. The lowest BCUT2D eigenvalue weighted by Gasteiger charge is -2.06. The molecule has 0 saturated carbocycles. The van der Waals surface area contributed by atoms with Crippen LogP contribution in [0.5, 0.6) is 0 Å². The first-order valence-corrected chi connectivity index (χ1v) is 4.27. The van der Waals surface area contributed by atoms with Crippen LogP contribution in [-0.4, -0.2) is 5.97 Å². The zero-order chi connectivity index (χ0) is 9.30. The molecule has 0 aliphatic rings. The fourth-order valence-electron chi connectivity index (χ4n) is 0.874. The van der Waals surface area contributed by atoms with Gasteiger partial charge < -0.3 is 9.90 Å². The SMILES string of the molecule is Cc1cc(I)cc(C(=O)[O-])c1F. The van der Waals surface area contributed by atoms with Crippen molar-refractivity contribution in [1.82, 2.24) is 0 Å². The maximum Gasteiger partial charge on any atom is 0.135 e. The van der Waals surface area contributed by atoms with Crippen LogP contribution >= 0.6 is 22.6 Å². The first kappa shape index (κ1) is 9.44. The molecule has 4 heteroatoms. The second-order valence-corrected chi connectivity index (χ2v) is 3.62. The number of hydrogen-bond donors (Lipinski definition) is 0. The van der Waals surface area contributed by atoms with Crippen LogP contribution in [0.3, 0.4) is 0 Å². The van der Waals surface area contributed by atoms with Gasteiger partial charge in [-0.1, -0.05) is 0 Å². The van der Waals surface area contributed by atoms with Gasteiger partial charge in [-0.25, -0.2) is 4.39 Å². The van der Waals surface area contributed by atoms with E-state index in [-0.39, 0.29) is 5.56 Å². The summed E-state index contributed by atoms with van der Waals surface area (Å²) in [5.41, 5.74) is -0.0551. The lowest BCUT2D eigenvalue weighted by atomic mass is 10.1. The van der Waals surface area contributed by atoms with E-state index >= 15 is 0 Å². The molecular weight excluding hydrogens is 274 g/mol. The van der Waals surface area contributed by atoms with Crippen molar-refractivity contribution in [2.75, 3.05) is 0 Å². The average molecular weight is 279 g/mol. The van der Waals surface area contributed by atoms with Crippen molar-refractivity contribution in [3.63, 3.8) is 0 Å². The van der Waals surface area contributed by atoms with Crippen LogP contribution in [0.4, 0.5) is 4.39 Å². The zero-order valence-corrected chi connectivity index (χ0v) is 8.38. The van der Waals surface area contributed by atoms with Gasteiger partial charge in [-0.2, -0.15) is 0 Å². The van der Waals surface area contributed by atoms with E-state index in [2.05, 4.69) is 0 Å². The summed E-state index contributed by atoms with van der Waals surface area (Å²) in [7, 11) is 0. The lowest BCUT2D eigenvalue weighted by molar-refractivity contribution is -0.255. The van der Waals surface area contributed by atoms with Crippen LogP contribution in [-0.2, 0) is 0 Å². The van der Waals surface area contributed by atoms with E-state index in [9.17, 15) is 14.3 Å². The molecule has 64 valence electrons. The number of halogens is 2. The van der Waals surface area contributed by atoms with Gasteiger partial charge in [0.15, 0.2) is 0 Å². The quantitative estimate of drug-likeness (QED) is 0.722. The molecule has 1 aromatic rings. The van der Waals surface area contributed by atoms with Crippen molar-refractivity contribution in [2.24, 2.45) is 0 Å². The van der Waals surface area contributed by atoms with Crippen LogP contribution in [0.2, 0.25) is 0 Å². The molecule has 12 heavy (non-hydrogen) atoms. The molecule has 0 saturated heterocycles. The number of aryl methyl sites for hydroxylation is 1. The van der Waals surface area contributed by atoms with Crippen LogP contribution in [0, 0.1) is 16.3 Å². The van der Waals surface area contributed by atoms with E-state index in [1.54, 1.807) is 6.07 Å². The summed E-state index contributed by atoms with van der Waals surface area (Å²) >= 11 is 1.92. The Morgan fingerprint density at radius 3 is 2.67 bits per heavy atom. The maximum atomic E-state index is 13.0. The number of carboxylic acids is 1. The Kier molecular flexibility index (Phi) is 2.66. The minimum Gasteiger partial charge on any atom is -0.545 e. The molecule has 0 bridgehead atoms. The molecule has 2 nitrogen and oxygen atoms in total. The highest BCUT2D eigenvalue weighted by atomic mass is 127. The van der Waals surface area contributed by atoms with E-state index in [4.69, 9.17) is 0 Å². The summed E-state index contributed by atoms with van der Waals surface area (Å²) in [5.74, 6) is -2.19. The molecule has 0 fully saturated rings.